The summed E-state index contributed by atoms with van der Waals surface area (Å²) in [6.07, 6.45) is 1.65. The minimum atomic E-state index is -0.517. The first-order valence-corrected chi connectivity index (χ1v) is 7.97. The van der Waals surface area contributed by atoms with E-state index in [0.717, 1.165) is 16.8 Å². The van der Waals surface area contributed by atoms with Crippen LogP contribution >= 0.6 is 11.6 Å². The van der Waals surface area contributed by atoms with E-state index in [4.69, 9.17) is 16.0 Å². The van der Waals surface area contributed by atoms with Crippen molar-refractivity contribution in [1.29, 1.82) is 0 Å². The van der Waals surface area contributed by atoms with Crippen molar-refractivity contribution in [2.24, 2.45) is 4.99 Å². The van der Waals surface area contributed by atoms with Crippen LogP contribution in [-0.2, 0) is 0 Å². The molecule has 0 N–H and O–H groups in total. The minimum Gasteiger partial charge on any atom is -0.455 e. The lowest BCUT2D eigenvalue weighted by molar-refractivity contribution is -0.384. The molecule has 1 heterocycles. The van der Waals surface area contributed by atoms with Gasteiger partial charge >= 0.3 is 0 Å². The molecule has 0 bridgehead atoms. The van der Waals surface area contributed by atoms with Crippen LogP contribution in [0.15, 0.2) is 57.9 Å². The number of hydrogen-bond acceptors (Lipinski definition) is 4. The summed E-state index contributed by atoms with van der Waals surface area (Å²) in [6, 6.07) is 14.1. The Kier molecular flexibility index (Phi) is 4.67. The third-order valence-corrected chi connectivity index (χ3v) is 4.05. The lowest BCUT2D eigenvalue weighted by Crippen LogP contribution is -1.88. The Morgan fingerprint density at radius 1 is 1.12 bits per heavy atom. The average molecular weight is 355 g/mol. The maximum Gasteiger partial charge on any atom is 0.287 e. The quantitative estimate of drug-likeness (QED) is 0.334. The SMILES string of the molecule is Cc1ccc(C)c(N=Cc2ccc(-c3ccc([N+](=O)[O-])c(Cl)c3)o2)c1. The molecule has 0 unspecified atom stereocenters. The maximum absolute atomic E-state index is 10.8. The molecule has 0 radical (unpaired) electrons. The number of halogens is 1. The van der Waals surface area contributed by atoms with E-state index in [2.05, 4.69) is 4.99 Å². The third-order valence-electron chi connectivity index (χ3n) is 3.75. The summed E-state index contributed by atoms with van der Waals surface area (Å²) in [6.45, 7) is 4.01. The fourth-order valence-corrected chi connectivity index (χ4v) is 2.63. The first kappa shape index (κ1) is 16.9. The third kappa shape index (κ3) is 3.78. The van der Waals surface area contributed by atoms with Gasteiger partial charge in [0.05, 0.1) is 16.8 Å². The second-order valence-corrected chi connectivity index (χ2v) is 6.08. The van der Waals surface area contributed by atoms with Gasteiger partial charge < -0.3 is 4.42 Å². The summed E-state index contributed by atoms with van der Waals surface area (Å²) < 4.78 is 5.74. The van der Waals surface area contributed by atoms with Gasteiger partial charge in [-0.05, 0) is 55.3 Å². The van der Waals surface area contributed by atoms with Crippen molar-refractivity contribution >= 4 is 29.2 Å². The molecule has 0 aliphatic heterocycles. The Labute approximate surface area is 149 Å². The monoisotopic (exact) mass is 354 g/mol. The maximum atomic E-state index is 10.8. The normalized spacial score (nSPS) is 11.2. The molecule has 3 rings (SSSR count). The van der Waals surface area contributed by atoms with Crippen LogP contribution in [0.3, 0.4) is 0 Å². The van der Waals surface area contributed by atoms with Crippen molar-refractivity contribution < 1.29 is 9.34 Å². The zero-order chi connectivity index (χ0) is 18.0. The molecule has 2 aromatic carbocycles. The number of aryl methyl sites for hydroxylation is 2. The Hall–Kier alpha value is -2.92. The van der Waals surface area contributed by atoms with Crippen molar-refractivity contribution in [3.05, 3.63) is 80.6 Å². The largest absolute Gasteiger partial charge is 0.455 e. The van der Waals surface area contributed by atoms with Crippen molar-refractivity contribution in [2.45, 2.75) is 13.8 Å². The predicted molar refractivity (Wildman–Crippen MR) is 99.0 cm³/mol. The molecule has 0 saturated carbocycles. The van der Waals surface area contributed by atoms with Crippen LogP contribution in [0, 0.1) is 24.0 Å². The molecule has 3 aromatic rings. The topological polar surface area (TPSA) is 68.6 Å². The molecule has 0 atom stereocenters. The molecule has 0 spiro atoms. The first-order chi connectivity index (χ1) is 11.9. The molecule has 6 heteroatoms. The van der Waals surface area contributed by atoms with Crippen LogP contribution in [0.2, 0.25) is 5.02 Å². The van der Waals surface area contributed by atoms with E-state index in [1.807, 2.05) is 32.0 Å². The van der Waals surface area contributed by atoms with Crippen molar-refractivity contribution in [1.82, 2.24) is 0 Å². The summed E-state index contributed by atoms with van der Waals surface area (Å²) >= 11 is 5.94. The van der Waals surface area contributed by atoms with Crippen LogP contribution < -0.4 is 0 Å². The van der Waals surface area contributed by atoms with E-state index >= 15 is 0 Å². The van der Waals surface area contributed by atoms with Gasteiger partial charge in [0, 0.05) is 11.6 Å². The summed E-state index contributed by atoms with van der Waals surface area (Å²) in [5, 5.41) is 10.9. The van der Waals surface area contributed by atoms with Crippen molar-refractivity contribution in [3.8, 4) is 11.3 Å². The molecule has 0 fully saturated rings. The van der Waals surface area contributed by atoms with Crippen LogP contribution in [0.25, 0.3) is 11.3 Å². The van der Waals surface area contributed by atoms with E-state index in [0.29, 0.717) is 17.1 Å². The highest BCUT2D eigenvalue weighted by atomic mass is 35.5. The highest BCUT2D eigenvalue weighted by Gasteiger charge is 2.14. The van der Waals surface area contributed by atoms with E-state index in [1.165, 1.54) is 12.1 Å². The van der Waals surface area contributed by atoms with Gasteiger partial charge in [0.2, 0.25) is 0 Å². The molecule has 0 aliphatic carbocycles. The molecule has 0 saturated heterocycles. The lowest BCUT2D eigenvalue weighted by atomic mass is 10.1. The second kappa shape index (κ2) is 6.91. The Bertz CT molecular complexity index is 977. The Morgan fingerprint density at radius 3 is 2.64 bits per heavy atom. The van der Waals surface area contributed by atoms with Gasteiger partial charge in [-0.2, -0.15) is 0 Å². The zero-order valence-corrected chi connectivity index (χ0v) is 14.4. The molecule has 126 valence electrons. The standard InChI is InChI=1S/C19H15ClN2O3/c1-12-3-4-13(2)17(9-12)21-11-15-6-8-19(25-15)14-5-7-18(22(23)24)16(20)10-14/h3-11H,1-2H3. The number of nitro benzene ring substituents is 1. The Morgan fingerprint density at radius 2 is 1.92 bits per heavy atom. The van der Waals surface area contributed by atoms with Crippen molar-refractivity contribution in [3.63, 3.8) is 0 Å². The van der Waals surface area contributed by atoms with Crippen LogP contribution in [0.1, 0.15) is 16.9 Å². The Balaban J connectivity index is 1.85. The highest BCUT2D eigenvalue weighted by Crippen LogP contribution is 2.31. The summed E-state index contributed by atoms with van der Waals surface area (Å²) in [4.78, 5) is 14.8. The molecule has 1 aromatic heterocycles. The van der Waals surface area contributed by atoms with Gasteiger partial charge in [-0.3, -0.25) is 15.1 Å². The zero-order valence-electron chi connectivity index (χ0n) is 13.7. The van der Waals surface area contributed by atoms with Crippen molar-refractivity contribution in [2.75, 3.05) is 0 Å². The highest BCUT2D eigenvalue weighted by molar-refractivity contribution is 6.32. The van der Waals surface area contributed by atoms with Gasteiger partial charge in [-0.15, -0.1) is 0 Å². The molecular weight excluding hydrogens is 340 g/mol. The van der Waals surface area contributed by atoms with Gasteiger partial charge in [0.1, 0.15) is 16.5 Å². The number of aliphatic imine (C=N–C) groups is 1. The lowest BCUT2D eigenvalue weighted by Gasteiger charge is -2.01. The number of furan rings is 1. The van der Waals surface area contributed by atoms with Gasteiger partial charge in [-0.1, -0.05) is 23.7 Å². The number of hydrogen-bond donors (Lipinski definition) is 0. The number of nitro groups is 1. The fraction of sp³-hybridized carbons (Fsp3) is 0.105. The molecule has 5 nitrogen and oxygen atoms in total. The van der Waals surface area contributed by atoms with Gasteiger partial charge in [0.15, 0.2) is 0 Å². The average Bonchev–Trinajstić information content (AvgIpc) is 3.04. The first-order valence-electron chi connectivity index (χ1n) is 7.59. The minimum absolute atomic E-state index is 0.0736. The summed E-state index contributed by atoms with van der Waals surface area (Å²) in [5.74, 6) is 1.16. The summed E-state index contributed by atoms with van der Waals surface area (Å²) in [7, 11) is 0. The molecule has 25 heavy (non-hydrogen) atoms. The van der Waals surface area contributed by atoms with Crippen LogP contribution in [0.5, 0.6) is 0 Å². The van der Waals surface area contributed by atoms with E-state index in [-0.39, 0.29) is 10.7 Å². The van der Waals surface area contributed by atoms with Gasteiger partial charge in [-0.25, -0.2) is 0 Å². The number of nitrogens with zero attached hydrogens (tertiary/aromatic N) is 2. The van der Waals surface area contributed by atoms with Crippen LogP contribution in [-0.4, -0.2) is 11.1 Å². The molecule has 0 amide bonds. The van der Waals surface area contributed by atoms with Gasteiger partial charge in [0.25, 0.3) is 5.69 Å². The predicted octanol–water partition coefficient (Wildman–Crippen LogP) is 5.88. The number of rotatable bonds is 4. The summed E-state index contributed by atoms with van der Waals surface area (Å²) in [5.41, 5.74) is 3.64. The molecule has 0 aliphatic rings. The smallest absolute Gasteiger partial charge is 0.287 e. The van der Waals surface area contributed by atoms with E-state index in [1.54, 1.807) is 24.4 Å². The van der Waals surface area contributed by atoms with E-state index < -0.39 is 4.92 Å². The van der Waals surface area contributed by atoms with E-state index in [9.17, 15) is 10.1 Å². The molecular formula is C19H15ClN2O3. The fourth-order valence-electron chi connectivity index (χ4n) is 2.38. The van der Waals surface area contributed by atoms with Crippen LogP contribution in [0.4, 0.5) is 11.4 Å². The number of benzene rings is 2. The second-order valence-electron chi connectivity index (χ2n) is 5.67.